The van der Waals surface area contributed by atoms with Crippen molar-refractivity contribution in [3.05, 3.63) is 41.6 Å². The van der Waals surface area contributed by atoms with E-state index in [0.717, 1.165) is 30.4 Å². The summed E-state index contributed by atoms with van der Waals surface area (Å²) in [4.78, 5) is 0. The van der Waals surface area contributed by atoms with Crippen molar-refractivity contribution in [2.24, 2.45) is 0 Å². The lowest BCUT2D eigenvalue weighted by atomic mass is 9.88. The molecule has 0 fully saturated rings. The highest BCUT2D eigenvalue weighted by Crippen LogP contribution is 2.31. The summed E-state index contributed by atoms with van der Waals surface area (Å²) in [6, 6.07) is 6.86. The van der Waals surface area contributed by atoms with Crippen LogP contribution in [0.3, 0.4) is 0 Å². The van der Waals surface area contributed by atoms with Crippen molar-refractivity contribution >= 4 is 15.7 Å². The number of nitrogens with one attached hydrogen (secondary N) is 2. The number of nitrogens with zero attached hydrogens (tertiary/aromatic N) is 1. The van der Waals surface area contributed by atoms with E-state index < -0.39 is 10.0 Å². The number of hydrogen-bond donors (Lipinski definition) is 3. The highest BCUT2D eigenvalue weighted by atomic mass is 32.2. The summed E-state index contributed by atoms with van der Waals surface area (Å²) in [5, 5.41) is 6.24. The molecule has 0 aliphatic heterocycles. The first-order valence-corrected chi connectivity index (χ1v) is 7.94. The van der Waals surface area contributed by atoms with E-state index in [0.29, 0.717) is 5.69 Å². The van der Waals surface area contributed by atoms with Gasteiger partial charge in [-0.05, 0) is 48.6 Å². The van der Waals surface area contributed by atoms with Crippen LogP contribution in [-0.4, -0.2) is 18.6 Å². The lowest BCUT2D eigenvalue weighted by Gasteiger charge is -2.26. The zero-order chi connectivity index (χ0) is 14.2. The largest absolute Gasteiger partial charge is 0.399 e. The van der Waals surface area contributed by atoms with Crippen molar-refractivity contribution in [2.45, 2.75) is 30.3 Å². The molecule has 20 heavy (non-hydrogen) atoms. The van der Waals surface area contributed by atoms with Gasteiger partial charge in [0.2, 0.25) is 0 Å². The second-order valence-electron chi connectivity index (χ2n) is 4.95. The fourth-order valence-corrected chi connectivity index (χ4v) is 3.76. The normalized spacial score (nSPS) is 18.7. The number of fused-ring (bicyclic) bond motifs is 1. The van der Waals surface area contributed by atoms with E-state index in [1.807, 2.05) is 18.2 Å². The quantitative estimate of drug-likeness (QED) is 0.743. The Morgan fingerprint density at radius 3 is 2.95 bits per heavy atom. The topological polar surface area (TPSA) is 101 Å². The molecule has 1 aliphatic rings. The monoisotopic (exact) mass is 292 g/mol. The maximum absolute atomic E-state index is 12.2. The maximum Gasteiger partial charge on any atom is 0.258 e. The minimum Gasteiger partial charge on any atom is -0.399 e. The van der Waals surface area contributed by atoms with Crippen molar-refractivity contribution < 1.29 is 8.42 Å². The number of H-pyrrole nitrogens is 1. The van der Waals surface area contributed by atoms with Crippen molar-refractivity contribution in [2.75, 3.05) is 5.73 Å². The van der Waals surface area contributed by atoms with Gasteiger partial charge in [0.25, 0.3) is 10.0 Å². The lowest BCUT2D eigenvalue weighted by Crippen LogP contribution is -2.31. The predicted molar refractivity (Wildman–Crippen MR) is 75.4 cm³/mol. The molecule has 1 aromatic carbocycles. The van der Waals surface area contributed by atoms with Crippen LogP contribution in [0, 0.1) is 0 Å². The van der Waals surface area contributed by atoms with Gasteiger partial charge in [-0.3, -0.25) is 5.10 Å². The van der Waals surface area contributed by atoms with Gasteiger partial charge < -0.3 is 5.73 Å². The Morgan fingerprint density at radius 1 is 1.35 bits per heavy atom. The van der Waals surface area contributed by atoms with Crippen LogP contribution in [0.2, 0.25) is 0 Å². The summed E-state index contributed by atoms with van der Waals surface area (Å²) < 4.78 is 27.2. The molecule has 1 atom stereocenters. The third-order valence-electron chi connectivity index (χ3n) is 3.54. The molecule has 4 N–H and O–H groups in total. The van der Waals surface area contributed by atoms with Gasteiger partial charge in [0.1, 0.15) is 0 Å². The second kappa shape index (κ2) is 4.92. The van der Waals surface area contributed by atoms with Crippen LogP contribution in [0.15, 0.2) is 35.5 Å². The number of nitrogen functional groups attached to an aromatic ring is 1. The first-order valence-electron chi connectivity index (χ1n) is 6.46. The van der Waals surface area contributed by atoms with E-state index in [1.165, 1.54) is 12.3 Å². The minimum atomic E-state index is -3.57. The summed E-state index contributed by atoms with van der Waals surface area (Å²) >= 11 is 0. The zero-order valence-electron chi connectivity index (χ0n) is 10.8. The fourth-order valence-electron chi connectivity index (χ4n) is 2.60. The van der Waals surface area contributed by atoms with Crippen LogP contribution in [-0.2, 0) is 16.4 Å². The van der Waals surface area contributed by atoms with Gasteiger partial charge in [-0.1, -0.05) is 6.07 Å². The SMILES string of the molecule is Nc1ccc2c(c1)CCCC2NS(=O)(=O)c1ccn[nH]1. The standard InChI is InChI=1S/C13H16N4O2S/c14-10-4-5-11-9(8-10)2-1-3-12(11)17-20(18,19)13-6-7-15-16-13/h4-8,12,17H,1-3,14H2,(H,15,16). The molecule has 7 heteroatoms. The van der Waals surface area contributed by atoms with E-state index in [1.54, 1.807) is 0 Å². The number of rotatable bonds is 3. The third kappa shape index (κ3) is 2.41. The van der Waals surface area contributed by atoms with Crippen molar-refractivity contribution in [1.29, 1.82) is 0 Å². The number of benzene rings is 1. The summed E-state index contributed by atoms with van der Waals surface area (Å²) in [6.07, 6.45) is 4.07. The van der Waals surface area contributed by atoms with Gasteiger partial charge in [0, 0.05) is 11.7 Å². The van der Waals surface area contributed by atoms with E-state index in [4.69, 9.17) is 5.73 Å². The van der Waals surface area contributed by atoms with E-state index in [9.17, 15) is 8.42 Å². The number of nitrogens with two attached hydrogens (primary N) is 1. The Kier molecular flexibility index (Phi) is 3.23. The molecule has 1 heterocycles. The molecule has 1 aliphatic carbocycles. The number of aromatic nitrogens is 2. The molecule has 0 spiro atoms. The second-order valence-corrected chi connectivity index (χ2v) is 6.63. The van der Waals surface area contributed by atoms with Crippen LogP contribution in [0.25, 0.3) is 0 Å². The van der Waals surface area contributed by atoms with Gasteiger partial charge >= 0.3 is 0 Å². The molecule has 1 aromatic heterocycles. The van der Waals surface area contributed by atoms with Gasteiger partial charge in [0.15, 0.2) is 5.03 Å². The van der Waals surface area contributed by atoms with E-state index >= 15 is 0 Å². The predicted octanol–water partition coefficient (Wildman–Crippen LogP) is 1.35. The van der Waals surface area contributed by atoms with Gasteiger partial charge in [-0.2, -0.15) is 5.10 Å². The van der Waals surface area contributed by atoms with Gasteiger partial charge in [-0.25, -0.2) is 13.1 Å². The molecule has 0 saturated carbocycles. The summed E-state index contributed by atoms with van der Waals surface area (Å²) in [7, 11) is -3.57. The summed E-state index contributed by atoms with van der Waals surface area (Å²) in [5.41, 5.74) is 8.62. The first-order chi connectivity index (χ1) is 9.56. The molecule has 0 bridgehead atoms. The summed E-state index contributed by atoms with van der Waals surface area (Å²) in [6.45, 7) is 0. The Balaban J connectivity index is 1.90. The third-order valence-corrected chi connectivity index (χ3v) is 4.94. The van der Waals surface area contributed by atoms with E-state index in [2.05, 4.69) is 14.9 Å². The number of aromatic amines is 1. The molecule has 2 aromatic rings. The first kappa shape index (κ1) is 13.1. The number of sulfonamides is 1. The average molecular weight is 292 g/mol. The number of anilines is 1. The molecule has 3 rings (SSSR count). The van der Waals surface area contributed by atoms with Crippen molar-refractivity contribution in [3.63, 3.8) is 0 Å². The van der Waals surface area contributed by atoms with Crippen LogP contribution in [0.5, 0.6) is 0 Å². The molecular weight excluding hydrogens is 276 g/mol. The Morgan fingerprint density at radius 2 is 2.20 bits per heavy atom. The fraction of sp³-hybridized carbons (Fsp3) is 0.308. The smallest absolute Gasteiger partial charge is 0.258 e. The summed E-state index contributed by atoms with van der Waals surface area (Å²) in [5.74, 6) is 0. The lowest BCUT2D eigenvalue weighted by molar-refractivity contribution is 0.505. The molecular formula is C13H16N4O2S. The Bertz CT molecular complexity index is 710. The molecule has 0 saturated heterocycles. The molecule has 0 amide bonds. The molecule has 0 radical (unpaired) electrons. The molecule has 106 valence electrons. The Hall–Kier alpha value is -1.86. The minimum absolute atomic E-state index is 0.0834. The zero-order valence-corrected chi connectivity index (χ0v) is 11.7. The number of aryl methyl sites for hydroxylation is 1. The van der Waals surface area contributed by atoms with Crippen LogP contribution < -0.4 is 10.5 Å². The molecule has 6 nitrogen and oxygen atoms in total. The van der Waals surface area contributed by atoms with Crippen LogP contribution in [0.1, 0.15) is 30.0 Å². The van der Waals surface area contributed by atoms with Crippen molar-refractivity contribution in [1.82, 2.24) is 14.9 Å². The Labute approximate surface area is 117 Å². The average Bonchev–Trinajstić information content (AvgIpc) is 2.93. The highest BCUT2D eigenvalue weighted by molar-refractivity contribution is 7.89. The van der Waals surface area contributed by atoms with Gasteiger partial charge in [-0.15, -0.1) is 0 Å². The number of hydrogen-bond acceptors (Lipinski definition) is 4. The van der Waals surface area contributed by atoms with Crippen molar-refractivity contribution in [3.8, 4) is 0 Å². The highest BCUT2D eigenvalue weighted by Gasteiger charge is 2.26. The maximum atomic E-state index is 12.2. The van der Waals surface area contributed by atoms with Gasteiger partial charge in [0.05, 0.1) is 6.20 Å². The van der Waals surface area contributed by atoms with Crippen LogP contribution >= 0.6 is 0 Å². The van der Waals surface area contributed by atoms with Crippen LogP contribution in [0.4, 0.5) is 5.69 Å². The molecule has 1 unspecified atom stereocenters. The van der Waals surface area contributed by atoms with E-state index in [-0.39, 0.29) is 11.1 Å².